The van der Waals surface area contributed by atoms with Gasteiger partial charge in [-0.25, -0.2) is 0 Å². The first kappa shape index (κ1) is 15.0. The van der Waals surface area contributed by atoms with Crippen LogP contribution in [-0.4, -0.2) is 14.8 Å². The van der Waals surface area contributed by atoms with Crippen molar-refractivity contribution in [2.45, 2.75) is 31.4 Å². The van der Waals surface area contributed by atoms with E-state index in [2.05, 4.69) is 26.1 Å². The van der Waals surface area contributed by atoms with Gasteiger partial charge >= 0.3 is 6.18 Å². The normalized spacial score (nSPS) is 12.2. The van der Waals surface area contributed by atoms with Crippen molar-refractivity contribution in [1.82, 2.24) is 14.8 Å². The van der Waals surface area contributed by atoms with Crippen molar-refractivity contribution in [1.29, 1.82) is 0 Å². The Morgan fingerprint density at radius 1 is 1.20 bits per heavy atom. The molecule has 3 nitrogen and oxygen atoms in total. The summed E-state index contributed by atoms with van der Waals surface area (Å²) in [6.45, 7) is 3.77. The number of aromatic nitrogens is 3. The van der Waals surface area contributed by atoms with Gasteiger partial charge in [0.15, 0.2) is 5.82 Å². The van der Waals surface area contributed by atoms with Crippen molar-refractivity contribution < 1.29 is 13.2 Å². The Hall–Kier alpha value is -1.37. The quantitative estimate of drug-likeness (QED) is 0.768. The Morgan fingerprint density at radius 2 is 1.85 bits per heavy atom. The minimum atomic E-state index is -4.42. The molecule has 0 aliphatic rings. The lowest BCUT2D eigenvalue weighted by atomic mass is 10.1. The van der Waals surface area contributed by atoms with E-state index >= 15 is 0 Å². The highest BCUT2D eigenvalue weighted by molar-refractivity contribution is 9.08. The van der Waals surface area contributed by atoms with Crippen LogP contribution in [0.2, 0.25) is 0 Å². The summed E-state index contributed by atoms with van der Waals surface area (Å²) in [6, 6.07) is 5.38. The van der Waals surface area contributed by atoms with Gasteiger partial charge in [-0.3, -0.25) is 0 Å². The summed E-state index contributed by atoms with van der Waals surface area (Å²) in [7, 11) is 0. The van der Waals surface area contributed by atoms with E-state index in [-0.39, 0.29) is 17.4 Å². The Balaban J connectivity index is 2.67. The third-order valence-electron chi connectivity index (χ3n) is 2.88. The van der Waals surface area contributed by atoms with Crippen molar-refractivity contribution in [3.63, 3.8) is 0 Å². The van der Waals surface area contributed by atoms with Crippen LogP contribution in [0, 0.1) is 0 Å². The molecular formula is C13H13BrF3N3. The number of hydrogen-bond donors (Lipinski definition) is 0. The molecule has 1 heterocycles. The lowest BCUT2D eigenvalue weighted by Gasteiger charge is -2.16. The molecule has 1 aromatic carbocycles. The minimum absolute atomic E-state index is 0.0335. The predicted molar refractivity (Wildman–Crippen MR) is 73.5 cm³/mol. The summed E-state index contributed by atoms with van der Waals surface area (Å²) in [5.41, 5.74) is -0.649. The fourth-order valence-electron chi connectivity index (χ4n) is 2.07. The lowest BCUT2D eigenvalue weighted by molar-refractivity contribution is -0.137. The van der Waals surface area contributed by atoms with E-state index in [4.69, 9.17) is 0 Å². The molecule has 20 heavy (non-hydrogen) atoms. The van der Waals surface area contributed by atoms with E-state index in [9.17, 15) is 13.2 Å². The van der Waals surface area contributed by atoms with Crippen LogP contribution in [0.3, 0.4) is 0 Å². The first-order valence-electron chi connectivity index (χ1n) is 6.02. The van der Waals surface area contributed by atoms with Gasteiger partial charge in [-0.05, 0) is 19.9 Å². The maximum absolute atomic E-state index is 13.1. The topological polar surface area (TPSA) is 30.7 Å². The predicted octanol–water partition coefficient (Wildman–Crippen LogP) is 4.44. The number of rotatable bonds is 3. The lowest BCUT2D eigenvalue weighted by Crippen LogP contribution is -2.11. The molecule has 2 aromatic rings. The average Bonchev–Trinajstić information content (AvgIpc) is 2.81. The molecule has 0 aliphatic carbocycles. The van der Waals surface area contributed by atoms with E-state index in [1.807, 2.05) is 13.8 Å². The second-order valence-corrected chi connectivity index (χ2v) is 5.14. The Bertz CT molecular complexity index is 605. The molecule has 1 aromatic heterocycles. The number of halogens is 4. The summed E-state index contributed by atoms with van der Waals surface area (Å²) in [5, 5.41) is 8.33. The zero-order valence-corrected chi connectivity index (χ0v) is 12.5. The van der Waals surface area contributed by atoms with Gasteiger partial charge in [-0.2, -0.15) is 13.2 Å². The first-order valence-corrected chi connectivity index (χ1v) is 7.14. The molecule has 0 radical (unpaired) electrons. The smallest absolute Gasteiger partial charge is 0.308 e. The van der Waals surface area contributed by atoms with Crippen LogP contribution in [-0.2, 0) is 11.5 Å². The SMILES string of the molecule is CC(C)n1c(CBr)nnc1-c1ccccc1C(F)(F)F. The molecule has 0 aliphatic heterocycles. The van der Waals surface area contributed by atoms with E-state index in [0.717, 1.165) is 6.07 Å². The van der Waals surface area contributed by atoms with Gasteiger partial charge < -0.3 is 4.57 Å². The third-order valence-corrected chi connectivity index (χ3v) is 3.38. The van der Waals surface area contributed by atoms with Crippen LogP contribution in [0.5, 0.6) is 0 Å². The highest BCUT2D eigenvalue weighted by Crippen LogP contribution is 2.37. The zero-order valence-electron chi connectivity index (χ0n) is 10.9. The second-order valence-electron chi connectivity index (χ2n) is 4.58. The van der Waals surface area contributed by atoms with Crippen LogP contribution in [0.25, 0.3) is 11.4 Å². The molecule has 0 saturated heterocycles. The number of hydrogen-bond acceptors (Lipinski definition) is 2. The van der Waals surface area contributed by atoms with Gasteiger partial charge in [0, 0.05) is 11.6 Å². The van der Waals surface area contributed by atoms with Crippen LogP contribution in [0.1, 0.15) is 31.3 Å². The van der Waals surface area contributed by atoms with Gasteiger partial charge in [0.1, 0.15) is 5.82 Å². The molecule has 0 saturated carbocycles. The molecule has 0 N–H and O–H groups in total. The molecule has 0 unspecified atom stereocenters. The van der Waals surface area contributed by atoms with Gasteiger partial charge in [-0.1, -0.05) is 34.1 Å². The highest BCUT2D eigenvalue weighted by atomic mass is 79.9. The minimum Gasteiger partial charge on any atom is -0.308 e. The largest absolute Gasteiger partial charge is 0.417 e. The Labute approximate surface area is 123 Å². The van der Waals surface area contributed by atoms with Crippen molar-refractivity contribution in [2.75, 3.05) is 0 Å². The highest BCUT2D eigenvalue weighted by Gasteiger charge is 2.35. The Kier molecular flexibility index (Phi) is 4.17. The second kappa shape index (κ2) is 5.55. The van der Waals surface area contributed by atoms with Gasteiger partial charge in [-0.15, -0.1) is 10.2 Å². The Morgan fingerprint density at radius 3 is 2.40 bits per heavy atom. The number of benzene rings is 1. The maximum Gasteiger partial charge on any atom is 0.417 e. The van der Waals surface area contributed by atoms with Gasteiger partial charge in [0.05, 0.1) is 10.9 Å². The van der Waals surface area contributed by atoms with Gasteiger partial charge in [0.2, 0.25) is 0 Å². The van der Waals surface area contributed by atoms with Crippen LogP contribution in [0.4, 0.5) is 13.2 Å². The average molecular weight is 348 g/mol. The molecule has 7 heteroatoms. The molecule has 0 spiro atoms. The summed E-state index contributed by atoms with van der Waals surface area (Å²) < 4.78 is 41.0. The molecular weight excluding hydrogens is 335 g/mol. The summed E-state index contributed by atoms with van der Waals surface area (Å²) in [5.74, 6) is 0.842. The number of nitrogens with zero attached hydrogens (tertiary/aromatic N) is 3. The molecule has 0 fully saturated rings. The maximum atomic E-state index is 13.1. The molecule has 0 atom stereocenters. The standard InChI is InChI=1S/C13H13BrF3N3/c1-8(2)20-11(7-14)18-19-12(20)9-5-3-4-6-10(9)13(15,16)17/h3-6,8H,7H2,1-2H3. The fourth-order valence-corrected chi connectivity index (χ4v) is 2.45. The zero-order chi connectivity index (χ0) is 14.9. The summed E-state index contributed by atoms with van der Waals surface area (Å²) in [6.07, 6.45) is -4.42. The van der Waals surface area contributed by atoms with Crippen molar-refractivity contribution in [2.24, 2.45) is 0 Å². The van der Waals surface area contributed by atoms with E-state index in [1.165, 1.54) is 12.1 Å². The fraction of sp³-hybridized carbons (Fsp3) is 0.385. The summed E-state index contributed by atoms with van der Waals surface area (Å²) in [4.78, 5) is 0. The molecule has 108 valence electrons. The van der Waals surface area contributed by atoms with Crippen molar-refractivity contribution in [3.05, 3.63) is 35.7 Å². The molecule has 0 amide bonds. The van der Waals surface area contributed by atoms with Gasteiger partial charge in [0.25, 0.3) is 0 Å². The van der Waals surface area contributed by atoms with Crippen LogP contribution >= 0.6 is 15.9 Å². The molecule has 0 bridgehead atoms. The van der Waals surface area contributed by atoms with Crippen LogP contribution in [0.15, 0.2) is 24.3 Å². The van der Waals surface area contributed by atoms with Crippen molar-refractivity contribution in [3.8, 4) is 11.4 Å². The third kappa shape index (κ3) is 2.72. The number of alkyl halides is 4. The molecule has 2 rings (SSSR count). The van der Waals surface area contributed by atoms with Crippen molar-refractivity contribution >= 4 is 15.9 Å². The van der Waals surface area contributed by atoms with Crippen LogP contribution < -0.4 is 0 Å². The van der Waals surface area contributed by atoms with E-state index in [0.29, 0.717) is 11.2 Å². The summed E-state index contributed by atoms with van der Waals surface area (Å²) >= 11 is 3.27. The monoisotopic (exact) mass is 347 g/mol. The van der Waals surface area contributed by atoms with E-state index < -0.39 is 11.7 Å². The van der Waals surface area contributed by atoms with E-state index in [1.54, 1.807) is 10.6 Å². The first-order chi connectivity index (χ1) is 9.36.